The van der Waals surface area contributed by atoms with Crippen LogP contribution in [0.4, 0.5) is 0 Å². The Balaban J connectivity index is 5.07. The summed E-state index contributed by atoms with van der Waals surface area (Å²) in [5.41, 5.74) is 0. The summed E-state index contributed by atoms with van der Waals surface area (Å²) >= 11 is 0. The van der Waals surface area contributed by atoms with Crippen LogP contribution in [0.5, 0.6) is 0 Å². The number of carbonyl (C=O) groups excluding carboxylic acids is 3. The largest absolute Gasteiger partial charge is 0.465 e. The zero-order valence-corrected chi connectivity index (χ0v) is 12.2. The van der Waals surface area contributed by atoms with Crippen molar-refractivity contribution in [2.75, 3.05) is 13.2 Å². The van der Waals surface area contributed by atoms with Crippen LogP contribution < -0.4 is 0 Å². The van der Waals surface area contributed by atoms with E-state index in [1.54, 1.807) is 13.8 Å². The minimum Gasteiger partial charge on any atom is -0.465 e. The van der Waals surface area contributed by atoms with E-state index in [0.29, 0.717) is 6.42 Å². The van der Waals surface area contributed by atoms with E-state index in [1.807, 2.05) is 6.92 Å². The van der Waals surface area contributed by atoms with Crippen molar-refractivity contribution in [1.29, 1.82) is 0 Å². The molecule has 0 spiro atoms. The Morgan fingerprint density at radius 3 is 1.74 bits per heavy atom. The molecule has 0 aromatic heterocycles. The molecule has 0 heterocycles. The van der Waals surface area contributed by atoms with E-state index in [2.05, 4.69) is 0 Å². The molecule has 0 aromatic rings. The van der Waals surface area contributed by atoms with E-state index in [-0.39, 0.29) is 31.3 Å². The Kier molecular flexibility index (Phi) is 8.83. The first-order valence-corrected chi connectivity index (χ1v) is 6.80. The molecule has 0 unspecified atom stereocenters. The molecular weight excluding hydrogens is 248 g/mol. The Morgan fingerprint density at radius 1 is 0.947 bits per heavy atom. The lowest BCUT2D eigenvalue weighted by molar-refractivity contribution is -0.164. The van der Waals surface area contributed by atoms with E-state index >= 15 is 0 Å². The van der Waals surface area contributed by atoms with Crippen molar-refractivity contribution in [2.45, 2.75) is 47.0 Å². The lowest BCUT2D eigenvalue weighted by Crippen LogP contribution is -2.35. The standard InChI is InChI=1S/C14H24O5/c1-5-8-11(9-10(4)15)12(13(16)18-6-2)14(17)19-7-3/h11-12H,5-9H2,1-4H3/t11-/m0/s1. The highest BCUT2D eigenvalue weighted by molar-refractivity contribution is 5.95. The van der Waals surface area contributed by atoms with Gasteiger partial charge in [-0.15, -0.1) is 0 Å². The Bertz CT molecular complexity index is 293. The van der Waals surface area contributed by atoms with Crippen molar-refractivity contribution in [1.82, 2.24) is 0 Å². The van der Waals surface area contributed by atoms with Crippen LogP contribution in [0.3, 0.4) is 0 Å². The number of rotatable bonds is 9. The highest BCUT2D eigenvalue weighted by Crippen LogP contribution is 2.25. The maximum Gasteiger partial charge on any atom is 0.320 e. The molecule has 19 heavy (non-hydrogen) atoms. The summed E-state index contributed by atoms with van der Waals surface area (Å²) in [4.78, 5) is 35.1. The van der Waals surface area contributed by atoms with Gasteiger partial charge in [-0.1, -0.05) is 13.3 Å². The summed E-state index contributed by atoms with van der Waals surface area (Å²) in [5.74, 6) is -2.58. The van der Waals surface area contributed by atoms with Crippen molar-refractivity contribution in [2.24, 2.45) is 11.8 Å². The quantitative estimate of drug-likeness (QED) is 0.475. The summed E-state index contributed by atoms with van der Waals surface area (Å²) in [5, 5.41) is 0. The predicted molar refractivity (Wildman–Crippen MR) is 70.5 cm³/mol. The summed E-state index contributed by atoms with van der Waals surface area (Å²) in [6, 6.07) is 0. The third kappa shape index (κ3) is 6.36. The van der Waals surface area contributed by atoms with Crippen LogP contribution in [0.25, 0.3) is 0 Å². The number of carbonyl (C=O) groups is 3. The van der Waals surface area contributed by atoms with Crippen molar-refractivity contribution in [3.63, 3.8) is 0 Å². The number of hydrogen-bond acceptors (Lipinski definition) is 5. The van der Waals surface area contributed by atoms with Gasteiger partial charge in [-0.25, -0.2) is 0 Å². The number of ketones is 1. The van der Waals surface area contributed by atoms with Crippen LogP contribution >= 0.6 is 0 Å². The van der Waals surface area contributed by atoms with Crippen molar-refractivity contribution in [3.8, 4) is 0 Å². The molecule has 0 fully saturated rings. The lowest BCUT2D eigenvalue weighted by Gasteiger charge is -2.22. The molecule has 110 valence electrons. The van der Waals surface area contributed by atoms with Crippen LogP contribution in [-0.2, 0) is 23.9 Å². The maximum atomic E-state index is 11.9. The fraction of sp³-hybridized carbons (Fsp3) is 0.786. The Hall–Kier alpha value is -1.39. The molecule has 0 saturated carbocycles. The Labute approximate surface area is 114 Å². The molecule has 5 nitrogen and oxygen atoms in total. The lowest BCUT2D eigenvalue weighted by atomic mass is 9.84. The van der Waals surface area contributed by atoms with Crippen LogP contribution in [-0.4, -0.2) is 30.9 Å². The zero-order valence-electron chi connectivity index (χ0n) is 12.2. The van der Waals surface area contributed by atoms with Gasteiger partial charge in [-0.2, -0.15) is 0 Å². The number of Topliss-reactive ketones (excluding diaryl/α,β-unsaturated/α-hetero) is 1. The second-order valence-corrected chi connectivity index (χ2v) is 4.44. The summed E-state index contributed by atoms with van der Waals surface area (Å²) in [6.45, 7) is 7.16. The molecule has 0 amide bonds. The first-order valence-electron chi connectivity index (χ1n) is 6.80. The average molecular weight is 272 g/mol. The Morgan fingerprint density at radius 2 is 1.42 bits per heavy atom. The molecule has 0 saturated heterocycles. The fourth-order valence-corrected chi connectivity index (χ4v) is 2.07. The van der Waals surface area contributed by atoms with Gasteiger partial charge < -0.3 is 14.3 Å². The van der Waals surface area contributed by atoms with E-state index in [9.17, 15) is 14.4 Å². The van der Waals surface area contributed by atoms with E-state index in [0.717, 1.165) is 6.42 Å². The molecule has 0 N–H and O–H groups in total. The van der Waals surface area contributed by atoms with Gasteiger partial charge in [0.15, 0.2) is 5.92 Å². The SMILES string of the molecule is CCC[C@@H](CC(C)=O)C(C(=O)OCC)C(=O)OCC. The van der Waals surface area contributed by atoms with Gasteiger partial charge in [-0.3, -0.25) is 9.59 Å². The van der Waals surface area contributed by atoms with Gasteiger partial charge in [0.25, 0.3) is 0 Å². The van der Waals surface area contributed by atoms with Gasteiger partial charge in [0, 0.05) is 6.42 Å². The van der Waals surface area contributed by atoms with Crippen molar-refractivity contribution < 1.29 is 23.9 Å². The highest BCUT2D eigenvalue weighted by Gasteiger charge is 2.37. The second-order valence-electron chi connectivity index (χ2n) is 4.44. The molecule has 0 aliphatic heterocycles. The summed E-state index contributed by atoms with van der Waals surface area (Å²) in [6.07, 6.45) is 1.59. The number of hydrogen-bond donors (Lipinski definition) is 0. The molecule has 0 rings (SSSR count). The molecule has 0 bridgehead atoms. The van der Waals surface area contributed by atoms with Gasteiger partial charge in [0.05, 0.1) is 13.2 Å². The van der Waals surface area contributed by atoms with Gasteiger partial charge in [0.1, 0.15) is 5.78 Å². The summed E-state index contributed by atoms with van der Waals surface area (Å²) in [7, 11) is 0. The van der Waals surface area contributed by atoms with Gasteiger partial charge in [-0.05, 0) is 33.1 Å². The van der Waals surface area contributed by atoms with Crippen LogP contribution in [0, 0.1) is 11.8 Å². The molecule has 0 aliphatic carbocycles. The van der Waals surface area contributed by atoms with E-state index < -0.39 is 17.9 Å². The first-order chi connectivity index (χ1) is 8.97. The topological polar surface area (TPSA) is 69.7 Å². The van der Waals surface area contributed by atoms with Gasteiger partial charge in [0.2, 0.25) is 0 Å². The summed E-state index contributed by atoms with van der Waals surface area (Å²) < 4.78 is 9.86. The molecule has 5 heteroatoms. The minimum atomic E-state index is -0.997. The van der Waals surface area contributed by atoms with Crippen LogP contribution in [0.15, 0.2) is 0 Å². The third-order valence-corrected chi connectivity index (χ3v) is 2.76. The second kappa shape index (κ2) is 9.53. The number of esters is 2. The molecular formula is C14H24O5. The van der Waals surface area contributed by atoms with Crippen LogP contribution in [0.1, 0.15) is 47.0 Å². The van der Waals surface area contributed by atoms with Gasteiger partial charge >= 0.3 is 11.9 Å². The number of ether oxygens (including phenoxy) is 2. The van der Waals surface area contributed by atoms with E-state index in [4.69, 9.17) is 9.47 Å². The maximum absolute atomic E-state index is 11.9. The minimum absolute atomic E-state index is 0.0444. The smallest absolute Gasteiger partial charge is 0.320 e. The predicted octanol–water partition coefficient (Wildman–Crippen LogP) is 2.12. The van der Waals surface area contributed by atoms with Crippen molar-refractivity contribution >= 4 is 17.7 Å². The van der Waals surface area contributed by atoms with E-state index in [1.165, 1.54) is 6.92 Å². The fourth-order valence-electron chi connectivity index (χ4n) is 2.07. The zero-order chi connectivity index (χ0) is 14.8. The monoisotopic (exact) mass is 272 g/mol. The van der Waals surface area contributed by atoms with Crippen molar-refractivity contribution in [3.05, 3.63) is 0 Å². The normalized spacial score (nSPS) is 12.1. The first kappa shape index (κ1) is 17.6. The molecule has 0 aliphatic rings. The third-order valence-electron chi connectivity index (χ3n) is 2.76. The molecule has 0 aromatic carbocycles. The average Bonchev–Trinajstić information content (AvgIpc) is 2.29. The molecule has 1 atom stereocenters. The highest BCUT2D eigenvalue weighted by atomic mass is 16.6. The molecule has 0 radical (unpaired) electrons. The van der Waals surface area contributed by atoms with Crippen LogP contribution in [0.2, 0.25) is 0 Å².